The summed E-state index contributed by atoms with van der Waals surface area (Å²) in [4.78, 5) is 51.4. The number of hydrogen-bond acceptors (Lipinski definition) is 6. The van der Waals surface area contributed by atoms with Crippen LogP contribution in [-0.4, -0.2) is 66.2 Å². The fourth-order valence-corrected chi connectivity index (χ4v) is 4.03. The van der Waals surface area contributed by atoms with Gasteiger partial charge in [-0.2, -0.15) is 0 Å². The monoisotopic (exact) mass is 425 g/mol. The molecule has 170 valence electrons. The highest BCUT2D eigenvalue weighted by Gasteiger charge is 2.62. The molecule has 9 nitrogen and oxygen atoms in total. The number of carbonyl (C=O) groups excluding carboxylic acids is 4. The molecule has 0 bridgehead atoms. The van der Waals surface area contributed by atoms with E-state index >= 15 is 0 Å². The Bertz CT molecular complexity index is 674. The molecule has 1 heterocycles. The lowest BCUT2D eigenvalue weighted by molar-refractivity contribution is -0.149. The van der Waals surface area contributed by atoms with Crippen molar-refractivity contribution in [3.05, 3.63) is 0 Å². The molecule has 1 saturated heterocycles. The van der Waals surface area contributed by atoms with Crippen molar-refractivity contribution in [1.82, 2.24) is 15.5 Å². The number of esters is 1. The molecule has 2 aliphatic rings. The van der Waals surface area contributed by atoms with E-state index in [2.05, 4.69) is 10.6 Å². The number of methoxy groups -OCH3 is 1. The van der Waals surface area contributed by atoms with Crippen molar-refractivity contribution >= 4 is 23.9 Å². The van der Waals surface area contributed by atoms with Gasteiger partial charge < -0.3 is 25.0 Å². The number of nitrogens with zero attached hydrogens (tertiary/aromatic N) is 1. The molecule has 0 aromatic rings. The lowest BCUT2D eigenvalue weighted by Gasteiger charge is -2.35. The van der Waals surface area contributed by atoms with Crippen LogP contribution in [0.5, 0.6) is 0 Å². The second-order valence-corrected chi connectivity index (χ2v) is 9.10. The van der Waals surface area contributed by atoms with E-state index in [1.807, 2.05) is 6.92 Å². The molecular weight excluding hydrogens is 390 g/mol. The molecule has 30 heavy (non-hydrogen) atoms. The highest BCUT2D eigenvalue weighted by Crippen LogP contribution is 2.47. The molecule has 0 unspecified atom stereocenters. The summed E-state index contributed by atoms with van der Waals surface area (Å²) in [6, 6.07) is -0.670. The van der Waals surface area contributed by atoms with Gasteiger partial charge in [0.15, 0.2) is 0 Å². The Labute approximate surface area is 178 Å². The van der Waals surface area contributed by atoms with Gasteiger partial charge in [0.25, 0.3) is 0 Å². The Hall–Kier alpha value is -2.32. The largest absolute Gasteiger partial charge is 0.467 e. The fraction of sp³-hybridized carbons (Fsp3) is 0.810. The molecule has 0 spiro atoms. The summed E-state index contributed by atoms with van der Waals surface area (Å²) in [5.74, 6) is -1.08. The zero-order valence-corrected chi connectivity index (χ0v) is 18.7. The summed E-state index contributed by atoms with van der Waals surface area (Å²) >= 11 is 0. The Morgan fingerprint density at radius 3 is 2.47 bits per heavy atom. The molecule has 9 heteroatoms. The smallest absolute Gasteiger partial charge is 0.408 e. The van der Waals surface area contributed by atoms with Crippen molar-refractivity contribution in [2.45, 2.75) is 83.4 Å². The van der Waals surface area contributed by atoms with Crippen molar-refractivity contribution in [2.24, 2.45) is 5.92 Å². The third kappa shape index (κ3) is 5.86. The molecule has 3 atom stereocenters. The summed E-state index contributed by atoms with van der Waals surface area (Å²) in [7, 11) is 1.32. The average molecular weight is 426 g/mol. The van der Waals surface area contributed by atoms with Gasteiger partial charge in [0.1, 0.15) is 23.7 Å². The van der Waals surface area contributed by atoms with Gasteiger partial charge in [-0.05, 0) is 58.8 Å². The third-order valence-electron chi connectivity index (χ3n) is 5.55. The van der Waals surface area contributed by atoms with E-state index in [0.717, 1.165) is 25.7 Å². The van der Waals surface area contributed by atoms with Crippen LogP contribution in [0.1, 0.15) is 66.2 Å². The molecule has 1 aliphatic heterocycles. The highest BCUT2D eigenvalue weighted by atomic mass is 16.6. The first-order valence-electron chi connectivity index (χ1n) is 10.7. The molecule has 0 aromatic carbocycles. The predicted molar refractivity (Wildman–Crippen MR) is 109 cm³/mol. The van der Waals surface area contributed by atoms with E-state index in [-0.39, 0.29) is 24.3 Å². The lowest BCUT2D eigenvalue weighted by atomic mass is 10.00. The van der Waals surface area contributed by atoms with Crippen LogP contribution < -0.4 is 10.6 Å². The molecule has 0 radical (unpaired) electrons. The minimum atomic E-state index is -0.983. The highest BCUT2D eigenvalue weighted by molar-refractivity contribution is 5.95. The Morgan fingerprint density at radius 1 is 1.17 bits per heavy atom. The van der Waals surface area contributed by atoms with Crippen LogP contribution in [0.2, 0.25) is 0 Å². The van der Waals surface area contributed by atoms with E-state index in [1.54, 1.807) is 20.8 Å². The average Bonchev–Trinajstić information content (AvgIpc) is 3.37. The van der Waals surface area contributed by atoms with Crippen LogP contribution in [-0.2, 0) is 23.9 Å². The summed E-state index contributed by atoms with van der Waals surface area (Å²) in [6.45, 7) is 7.41. The van der Waals surface area contributed by atoms with Crippen LogP contribution in [0.15, 0.2) is 0 Å². The van der Waals surface area contributed by atoms with Gasteiger partial charge in [-0.3, -0.25) is 9.59 Å². The van der Waals surface area contributed by atoms with Crippen LogP contribution in [0, 0.1) is 5.92 Å². The summed E-state index contributed by atoms with van der Waals surface area (Å²) in [6.07, 6.45) is 3.71. The third-order valence-corrected chi connectivity index (χ3v) is 5.55. The first-order valence-corrected chi connectivity index (χ1v) is 10.7. The van der Waals surface area contributed by atoms with Crippen LogP contribution in [0.4, 0.5) is 4.79 Å². The summed E-state index contributed by atoms with van der Waals surface area (Å²) in [5.41, 5.74) is -1.65. The Kier molecular flexibility index (Phi) is 7.71. The second kappa shape index (κ2) is 9.66. The van der Waals surface area contributed by atoms with E-state index in [9.17, 15) is 19.2 Å². The summed E-state index contributed by atoms with van der Waals surface area (Å²) in [5, 5.41) is 5.33. The zero-order chi connectivity index (χ0) is 22.5. The number of rotatable bonds is 7. The maximum atomic E-state index is 13.0. The van der Waals surface area contributed by atoms with Gasteiger partial charge in [-0.15, -0.1) is 0 Å². The fourth-order valence-electron chi connectivity index (χ4n) is 4.03. The molecule has 0 aromatic heterocycles. The first kappa shape index (κ1) is 24.0. The maximum absolute atomic E-state index is 13.0. The molecule has 2 N–H and O–H groups in total. The second-order valence-electron chi connectivity index (χ2n) is 9.10. The number of carbonyl (C=O) groups is 4. The van der Waals surface area contributed by atoms with Crippen molar-refractivity contribution in [3.8, 4) is 0 Å². The van der Waals surface area contributed by atoms with E-state index in [0.29, 0.717) is 19.4 Å². The zero-order valence-electron chi connectivity index (χ0n) is 18.7. The topological polar surface area (TPSA) is 114 Å². The molecule has 2 fully saturated rings. The van der Waals surface area contributed by atoms with E-state index in [1.165, 1.54) is 12.0 Å². The lowest BCUT2D eigenvalue weighted by Crippen LogP contribution is -2.57. The number of ether oxygens (including phenoxy) is 2. The normalized spacial score (nSPS) is 25.8. The van der Waals surface area contributed by atoms with E-state index in [4.69, 9.17) is 9.47 Å². The number of piperidine rings is 1. The molecule has 1 aliphatic carbocycles. The molecule has 3 amide bonds. The van der Waals surface area contributed by atoms with Crippen molar-refractivity contribution in [2.75, 3.05) is 20.2 Å². The van der Waals surface area contributed by atoms with Gasteiger partial charge in [0, 0.05) is 6.54 Å². The Morgan fingerprint density at radius 2 is 1.87 bits per heavy atom. The molecular formula is C21H35N3O6. The van der Waals surface area contributed by atoms with Crippen molar-refractivity contribution < 1.29 is 28.7 Å². The minimum absolute atomic E-state index is 0.0560. The maximum Gasteiger partial charge on any atom is 0.408 e. The standard InChI is InChI=1S/C21H35N3O6/c1-6-9-14-12-21(14,18(27)29-5)23-17(26)15-10-7-8-11-24(15)16(25)13-22-19(28)30-20(2,3)4/h14-15H,6-13H2,1-5H3,(H,22,28)(H,23,26)/t14-,15+,21-/m1/s1. The number of amides is 3. The van der Waals surface area contributed by atoms with Crippen molar-refractivity contribution in [3.63, 3.8) is 0 Å². The van der Waals surface area contributed by atoms with Crippen LogP contribution in [0.25, 0.3) is 0 Å². The first-order chi connectivity index (χ1) is 14.0. The number of hydrogen-bond donors (Lipinski definition) is 2. The van der Waals surface area contributed by atoms with Gasteiger partial charge >= 0.3 is 12.1 Å². The minimum Gasteiger partial charge on any atom is -0.467 e. The van der Waals surface area contributed by atoms with Gasteiger partial charge in [0.2, 0.25) is 11.8 Å². The van der Waals surface area contributed by atoms with Crippen molar-refractivity contribution in [1.29, 1.82) is 0 Å². The van der Waals surface area contributed by atoms with Gasteiger partial charge in [0.05, 0.1) is 7.11 Å². The predicted octanol–water partition coefficient (Wildman–Crippen LogP) is 1.74. The number of alkyl carbamates (subject to hydrolysis) is 1. The number of nitrogens with one attached hydrogen (secondary N) is 2. The van der Waals surface area contributed by atoms with Crippen LogP contribution >= 0.6 is 0 Å². The summed E-state index contributed by atoms with van der Waals surface area (Å²) < 4.78 is 10.1. The van der Waals surface area contributed by atoms with Gasteiger partial charge in [-0.1, -0.05) is 13.3 Å². The van der Waals surface area contributed by atoms with E-state index < -0.39 is 29.2 Å². The molecule has 1 saturated carbocycles. The SMILES string of the molecule is CCC[C@@H]1C[C@]1(NC(=O)[C@@H]1CCCCN1C(=O)CNC(=O)OC(C)(C)C)C(=O)OC. The molecule has 2 rings (SSSR count). The number of likely N-dealkylation sites (tertiary alicyclic amines) is 1. The van der Waals surface area contributed by atoms with Crippen LogP contribution in [0.3, 0.4) is 0 Å². The quantitative estimate of drug-likeness (QED) is 0.601. The Balaban J connectivity index is 2.00. The van der Waals surface area contributed by atoms with Gasteiger partial charge in [-0.25, -0.2) is 9.59 Å².